The van der Waals surface area contributed by atoms with E-state index in [1.54, 1.807) is 0 Å². The number of carboxylic acids is 2. The lowest BCUT2D eigenvalue weighted by atomic mass is 10.00. The minimum Gasteiger partial charge on any atom is -0.478 e. The minimum atomic E-state index is -4.58. The van der Waals surface area contributed by atoms with E-state index >= 15 is 0 Å². The van der Waals surface area contributed by atoms with E-state index in [9.17, 15) is 33.0 Å². The van der Waals surface area contributed by atoms with E-state index in [4.69, 9.17) is 23.2 Å². The SMILES string of the molecule is O=C(O)/C(=C/c1c(C(=O)O)[nH]c2cc(Cl)cc(Cl)c12)c1ccc(C(F)(F)F)cc1. The fourth-order valence-corrected chi connectivity index (χ4v) is 3.43. The first-order valence-corrected chi connectivity index (χ1v) is 8.61. The molecule has 0 fully saturated rings. The molecule has 0 aliphatic carbocycles. The molecule has 0 atom stereocenters. The van der Waals surface area contributed by atoms with Crippen molar-refractivity contribution >= 4 is 57.7 Å². The molecule has 0 aliphatic rings. The molecule has 3 N–H and O–H groups in total. The van der Waals surface area contributed by atoms with Crippen LogP contribution in [0.1, 0.15) is 27.2 Å². The number of nitrogens with one attached hydrogen (secondary N) is 1. The summed E-state index contributed by atoms with van der Waals surface area (Å²) >= 11 is 12.1. The number of hydrogen-bond donors (Lipinski definition) is 3. The topological polar surface area (TPSA) is 90.4 Å². The van der Waals surface area contributed by atoms with Gasteiger partial charge in [0.2, 0.25) is 0 Å². The van der Waals surface area contributed by atoms with E-state index in [1.165, 1.54) is 12.1 Å². The largest absolute Gasteiger partial charge is 0.478 e. The lowest BCUT2D eigenvalue weighted by Crippen LogP contribution is -2.06. The smallest absolute Gasteiger partial charge is 0.416 e. The van der Waals surface area contributed by atoms with Gasteiger partial charge in [-0.05, 0) is 35.9 Å². The number of carboxylic acid groups (broad SMARTS) is 2. The number of alkyl halides is 3. The number of benzene rings is 2. The number of aliphatic carboxylic acids is 1. The van der Waals surface area contributed by atoms with Crippen molar-refractivity contribution in [1.29, 1.82) is 0 Å². The Labute approximate surface area is 171 Å². The molecule has 3 rings (SSSR count). The molecule has 0 spiro atoms. The normalized spacial score (nSPS) is 12.4. The Morgan fingerprint density at radius 1 is 1.03 bits per heavy atom. The van der Waals surface area contributed by atoms with E-state index < -0.39 is 29.3 Å². The number of carbonyl (C=O) groups is 2. The predicted octanol–water partition coefficient (Wildman–Crippen LogP) is 5.82. The molecule has 3 aromatic rings. The number of fused-ring (bicyclic) bond motifs is 1. The Balaban J connectivity index is 2.25. The number of aromatic amines is 1. The van der Waals surface area contributed by atoms with E-state index in [2.05, 4.69) is 4.98 Å². The maximum Gasteiger partial charge on any atom is 0.416 e. The lowest BCUT2D eigenvalue weighted by Gasteiger charge is -2.08. The summed E-state index contributed by atoms with van der Waals surface area (Å²) in [6.45, 7) is 0. The van der Waals surface area contributed by atoms with Gasteiger partial charge < -0.3 is 15.2 Å². The maximum absolute atomic E-state index is 12.8. The number of H-pyrrole nitrogens is 1. The molecule has 0 unspecified atom stereocenters. The van der Waals surface area contributed by atoms with Gasteiger partial charge in [0.1, 0.15) is 5.69 Å². The van der Waals surface area contributed by atoms with Crippen molar-refractivity contribution in [2.75, 3.05) is 0 Å². The summed E-state index contributed by atoms with van der Waals surface area (Å²) in [6, 6.07) is 6.26. The highest BCUT2D eigenvalue weighted by molar-refractivity contribution is 6.39. The summed E-state index contributed by atoms with van der Waals surface area (Å²) in [5.74, 6) is -2.84. The van der Waals surface area contributed by atoms with Gasteiger partial charge in [-0.1, -0.05) is 35.3 Å². The fourth-order valence-electron chi connectivity index (χ4n) is 2.84. The summed E-state index contributed by atoms with van der Waals surface area (Å²) in [5.41, 5.74) is -1.50. The van der Waals surface area contributed by atoms with Crippen molar-refractivity contribution in [3.05, 3.63) is 68.8 Å². The van der Waals surface area contributed by atoms with Crippen molar-refractivity contribution in [1.82, 2.24) is 4.98 Å². The van der Waals surface area contributed by atoms with Crippen LogP contribution < -0.4 is 0 Å². The Hall–Kier alpha value is -2.97. The third-order valence-corrected chi connectivity index (χ3v) is 4.63. The Kier molecular flexibility index (Phi) is 5.34. The molecule has 1 heterocycles. The van der Waals surface area contributed by atoms with E-state index in [-0.39, 0.29) is 37.8 Å². The van der Waals surface area contributed by atoms with Crippen molar-refractivity contribution < 1.29 is 33.0 Å². The molecule has 10 heteroatoms. The first-order valence-electron chi connectivity index (χ1n) is 7.85. The zero-order chi connectivity index (χ0) is 21.5. The third kappa shape index (κ3) is 4.08. The second kappa shape index (κ2) is 7.46. The molecule has 0 bridgehead atoms. The van der Waals surface area contributed by atoms with Gasteiger partial charge in [0.15, 0.2) is 0 Å². The van der Waals surface area contributed by atoms with Gasteiger partial charge in [0, 0.05) is 21.5 Å². The summed E-state index contributed by atoms with van der Waals surface area (Å²) in [6.07, 6.45) is -3.53. The highest BCUT2D eigenvalue weighted by Crippen LogP contribution is 2.35. The Morgan fingerprint density at radius 3 is 2.17 bits per heavy atom. The van der Waals surface area contributed by atoms with Crippen LogP contribution in [0.2, 0.25) is 10.0 Å². The highest BCUT2D eigenvalue weighted by atomic mass is 35.5. The summed E-state index contributed by atoms with van der Waals surface area (Å²) in [5, 5.41) is 19.6. The van der Waals surface area contributed by atoms with Crippen LogP contribution in [0.15, 0.2) is 36.4 Å². The standard InChI is InChI=1S/C19H10Cl2F3NO4/c20-10-5-13(21)15-12(16(18(28)29)25-14(15)6-10)7-11(17(26)27)8-1-3-9(4-2-8)19(22,23)24/h1-7,25H,(H,26,27)(H,28,29)/b11-7+. The molecule has 1 aromatic heterocycles. The minimum absolute atomic E-state index is 0.0357. The third-order valence-electron chi connectivity index (χ3n) is 4.11. The van der Waals surface area contributed by atoms with Crippen LogP contribution in [0, 0.1) is 0 Å². The maximum atomic E-state index is 12.8. The zero-order valence-corrected chi connectivity index (χ0v) is 15.7. The van der Waals surface area contributed by atoms with E-state index in [1.807, 2.05) is 0 Å². The first kappa shape index (κ1) is 20.8. The van der Waals surface area contributed by atoms with Crippen LogP contribution in [-0.2, 0) is 11.0 Å². The predicted molar refractivity (Wildman–Crippen MR) is 102 cm³/mol. The van der Waals surface area contributed by atoms with E-state index in [0.717, 1.165) is 30.3 Å². The number of halogens is 5. The van der Waals surface area contributed by atoms with Crippen LogP contribution in [0.4, 0.5) is 13.2 Å². The monoisotopic (exact) mass is 443 g/mol. The van der Waals surface area contributed by atoms with Gasteiger partial charge in [0.25, 0.3) is 0 Å². The van der Waals surface area contributed by atoms with Crippen molar-refractivity contribution in [2.45, 2.75) is 6.18 Å². The van der Waals surface area contributed by atoms with Crippen molar-refractivity contribution in [3.63, 3.8) is 0 Å². The van der Waals surface area contributed by atoms with E-state index in [0.29, 0.717) is 0 Å². The second-order valence-electron chi connectivity index (χ2n) is 5.97. The zero-order valence-electron chi connectivity index (χ0n) is 14.1. The molecule has 5 nitrogen and oxygen atoms in total. The van der Waals surface area contributed by atoms with Gasteiger partial charge >= 0.3 is 18.1 Å². The number of aromatic nitrogens is 1. The van der Waals surface area contributed by atoms with Crippen molar-refractivity contribution in [3.8, 4) is 0 Å². The molecular formula is C19H10Cl2F3NO4. The van der Waals surface area contributed by atoms with Crippen LogP contribution in [-0.4, -0.2) is 27.1 Å². The number of aromatic carboxylic acids is 1. The summed E-state index contributed by atoms with van der Waals surface area (Å²) < 4.78 is 38.3. The van der Waals surface area contributed by atoms with Gasteiger partial charge in [0.05, 0.1) is 16.2 Å². The Morgan fingerprint density at radius 2 is 1.66 bits per heavy atom. The highest BCUT2D eigenvalue weighted by Gasteiger charge is 2.30. The molecule has 0 saturated carbocycles. The lowest BCUT2D eigenvalue weighted by molar-refractivity contribution is -0.137. The van der Waals surface area contributed by atoms with Crippen molar-refractivity contribution in [2.24, 2.45) is 0 Å². The molecule has 0 saturated heterocycles. The molecular weight excluding hydrogens is 434 g/mol. The van der Waals surface area contributed by atoms with Gasteiger partial charge in [-0.15, -0.1) is 0 Å². The Bertz CT molecular complexity index is 1160. The number of hydrogen-bond acceptors (Lipinski definition) is 2. The van der Waals surface area contributed by atoms with Gasteiger partial charge in [-0.3, -0.25) is 0 Å². The summed E-state index contributed by atoms with van der Waals surface area (Å²) in [4.78, 5) is 26.0. The van der Waals surface area contributed by atoms with Crippen LogP contribution in [0.5, 0.6) is 0 Å². The van der Waals surface area contributed by atoms with Gasteiger partial charge in [-0.2, -0.15) is 13.2 Å². The van der Waals surface area contributed by atoms with Crippen LogP contribution >= 0.6 is 23.2 Å². The molecule has 2 aromatic carbocycles. The molecule has 0 amide bonds. The average Bonchev–Trinajstić information content (AvgIpc) is 2.97. The molecule has 29 heavy (non-hydrogen) atoms. The number of rotatable bonds is 4. The second-order valence-corrected chi connectivity index (χ2v) is 6.81. The summed E-state index contributed by atoms with van der Waals surface area (Å²) in [7, 11) is 0. The molecule has 150 valence electrons. The average molecular weight is 444 g/mol. The quantitative estimate of drug-likeness (QED) is 0.443. The molecule has 0 aliphatic heterocycles. The van der Waals surface area contributed by atoms with Crippen LogP contribution in [0.25, 0.3) is 22.6 Å². The molecule has 0 radical (unpaired) electrons. The van der Waals surface area contributed by atoms with Gasteiger partial charge in [-0.25, -0.2) is 9.59 Å². The van der Waals surface area contributed by atoms with Crippen LogP contribution in [0.3, 0.4) is 0 Å². The fraction of sp³-hybridized carbons (Fsp3) is 0.0526. The first-order chi connectivity index (χ1) is 13.5.